The third-order valence-corrected chi connectivity index (χ3v) is 4.07. The third-order valence-electron chi connectivity index (χ3n) is 4.07. The first-order valence-electron chi connectivity index (χ1n) is 10.1. The molecule has 0 radical (unpaired) electrons. The average Bonchev–Trinajstić information content (AvgIpc) is 2.68. The summed E-state index contributed by atoms with van der Waals surface area (Å²) in [4.78, 5) is 15.4. The van der Waals surface area contributed by atoms with Gasteiger partial charge < -0.3 is 25.4 Å². The van der Waals surface area contributed by atoms with Crippen LogP contribution in [0.3, 0.4) is 0 Å². The number of amides is 1. The lowest BCUT2D eigenvalue weighted by Gasteiger charge is -2.17. The SMILES string of the molecule is CN=C(NCCOc1cccc(NC(C)=O)c1)NCc1ccc(C)cc1OC(C)C. The van der Waals surface area contributed by atoms with Crippen molar-refractivity contribution >= 4 is 17.6 Å². The van der Waals surface area contributed by atoms with Crippen LogP contribution in [0.2, 0.25) is 0 Å². The molecular weight excluding hydrogens is 380 g/mol. The number of hydrogen-bond donors (Lipinski definition) is 3. The van der Waals surface area contributed by atoms with Gasteiger partial charge in [0.2, 0.25) is 5.91 Å². The van der Waals surface area contributed by atoms with Crippen LogP contribution in [0.4, 0.5) is 5.69 Å². The normalized spacial score (nSPS) is 11.2. The summed E-state index contributed by atoms with van der Waals surface area (Å²) in [5.41, 5.74) is 2.95. The predicted octanol–water partition coefficient (Wildman–Crippen LogP) is 3.48. The number of rotatable bonds is 9. The Labute approximate surface area is 178 Å². The first kappa shape index (κ1) is 23.1. The minimum Gasteiger partial charge on any atom is -0.492 e. The van der Waals surface area contributed by atoms with Gasteiger partial charge in [0.05, 0.1) is 12.6 Å². The molecule has 2 aromatic rings. The molecule has 0 fully saturated rings. The van der Waals surface area contributed by atoms with Gasteiger partial charge in [0.25, 0.3) is 0 Å². The van der Waals surface area contributed by atoms with E-state index in [-0.39, 0.29) is 12.0 Å². The van der Waals surface area contributed by atoms with Crippen LogP contribution in [-0.4, -0.2) is 38.2 Å². The lowest BCUT2D eigenvalue weighted by atomic mass is 10.1. The fourth-order valence-electron chi connectivity index (χ4n) is 2.78. The van der Waals surface area contributed by atoms with Gasteiger partial charge in [0.15, 0.2) is 5.96 Å². The third kappa shape index (κ3) is 8.03. The predicted molar refractivity (Wildman–Crippen MR) is 121 cm³/mol. The molecule has 162 valence electrons. The van der Waals surface area contributed by atoms with Crippen LogP contribution >= 0.6 is 0 Å². The van der Waals surface area contributed by atoms with Crippen molar-refractivity contribution in [3.63, 3.8) is 0 Å². The monoisotopic (exact) mass is 412 g/mol. The molecule has 0 aliphatic heterocycles. The minimum atomic E-state index is -0.112. The smallest absolute Gasteiger partial charge is 0.221 e. The van der Waals surface area contributed by atoms with Crippen molar-refractivity contribution in [2.24, 2.45) is 4.99 Å². The number of carbonyl (C=O) groups excluding carboxylic acids is 1. The molecule has 0 atom stereocenters. The van der Waals surface area contributed by atoms with Crippen LogP contribution in [0.15, 0.2) is 47.5 Å². The van der Waals surface area contributed by atoms with E-state index in [0.29, 0.717) is 37.1 Å². The summed E-state index contributed by atoms with van der Waals surface area (Å²) in [6, 6.07) is 13.5. The second-order valence-corrected chi connectivity index (χ2v) is 7.19. The van der Waals surface area contributed by atoms with E-state index >= 15 is 0 Å². The van der Waals surface area contributed by atoms with Crippen LogP contribution in [0.5, 0.6) is 11.5 Å². The Morgan fingerprint density at radius 3 is 2.63 bits per heavy atom. The highest BCUT2D eigenvalue weighted by atomic mass is 16.5. The second kappa shape index (κ2) is 11.7. The van der Waals surface area contributed by atoms with Gasteiger partial charge in [-0.15, -0.1) is 0 Å². The molecule has 0 aliphatic carbocycles. The highest BCUT2D eigenvalue weighted by molar-refractivity contribution is 5.88. The fraction of sp³-hybridized carbons (Fsp3) is 0.391. The molecule has 0 saturated heterocycles. The molecule has 30 heavy (non-hydrogen) atoms. The van der Waals surface area contributed by atoms with E-state index in [9.17, 15) is 4.79 Å². The number of hydrogen-bond acceptors (Lipinski definition) is 4. The molecule has 3 N–H and O–H groups in total. The molecular formula is C23H32N4O3. The lowest BCUT2D eigenvalue weighted by Crippen LogP contribution is -2.39. The Balaban J connectivity index is 1.81. The van der Waals surface area contributed by atoms with Crippen LogP contribution in [0.1, 0.15) is 31.9 Å². The van der Waals surface area contributed by atoms with E-state index in [1.54, 1.807) is 13.1 Å². The number of ether oxygens (including phenoxy) is 2. The zero-order chi connectivity index (χ0) is 21.9. The number of nitrogens with one attached hydrogen (secondary N) is 3. The first-order chi connectivity index (χ1) is 14.4. The zero-order valence-corrected chi connectivity index (χ0v) is 18.4. The van der Waals surface area contributed by atoms with Gasteiger partial charge in [-0.3, -0.25) is 9.79 Å². The largest absolute Gasteiger partial charge is 0.492 e. The van der Waals surface area contributed by atoms with E-state index in [4.69, 9.17) is 9.47 Å². The number of benzene rings is 2. The molecule has 0 unspecified atom stereocenters. The Kier molecular flexibility index (Phi) is 9.00. The van der Waals surface area contributed by atoms with Gasteiger partial charge >= 0.3 is 0 Å². The number of nitrogens with zero attached hydrogens (tertiary/aromatic N) is 1. The summed E-state index contributed by atoms with van der Waals surface area (Å²) in [5.74, 6) is 2.15. The zero-order valence-electron chi connectivity index (χ0n) is 18.4. The second-order valence-electron chi connectivity index (χ2n) is 7.19. The van der Waals surface area contributed by atoms with Crippen LogP contribution in [0, 0.1) is 6.92 Å². The summed E-state index contributed by atoms with van der Waals surface area (Å²) >= 11 is 0. The number of anilines is 1. The fourth-order valence-corrected chi connectivity index (χ4v) is 2.78. The summed E-state index contributed by atoms with van der Waals surface area (Å²) < 4.78 is 11.7. The molecule has 0 aliphatic rings. The van der Waals surface area contributed by atoms with Gasteiger partial charge in [0.1, 0.15) is 18.1 Å². The summed E-state index contributed by atoms with van der Waals surface area (Å²) in [6.45, 7) is 9.20. The molecule has 2 aromatic carbocycles. The van der Waals surface area contributed by atoms with E-state index in [2.05, 4.69) is 46.1 Å². The van der Waals surface area contributed by atoms with E-state index < -0.39 is 0 Å². The van der Waals surface area contributed by atoms with Crippen molar-refractivity contribution in [3.05, 3.63) is 53.6 Å². The van der Waals surface area contributed by atoms with Gasteiger partial charge in [0, 0.05) is 37.8 Å². The highest BCUT2D eigenvalue weighted by Gasteiger charge is 2.07. The van der Waals surface area contributed by atoms with Gasteiger partial charge in [-0.25, -0.2) is 0 Å². The first-order valence-corrected chi connectivity index (χ1v) is 10.1. The topological polar surface area (TPSA) is 84.0 Å². The summed E-state index contributed by atoms with van der Waals surface area (Å²) in [7, 11) is 1.73. The van der Waals surface area contributed by atoms with Gasteiger partial charge in [-0.05, 0) is 44.5 Å². The van der Waals surface area contributed by atoms with Crippen LogP contribution in [-0.2, 0) is 11.3 Å². The maximum atomic E-state index is 11.2. The molecule has 1 amide bonds. The standard InChI is InChI=1S/C23H32N4O3/c1-16(2)30-22-13-17(3)9-10-19(22)15-26-23(24-5)25-11-12-29-21-8-6-7-20(14-21)27-18(4)28/h6-10,13-14,16H,11-12,15H2,1-5H3,(H,27,28)(H2,24,25,26). The quantitative estimate of drug-likeness (QED) is 0.334. The Hall–Kier alpha value is -3.22. The molecule has 0 spiro atoms. The number of aliphatic imine (C=N–C) groups is 1. The Morgan fingerprint density at radius 2 is 1.93 bits per heavy atom. The van der Waals surface area contributed by atoms with Crippen molar-refractivity contribution in [1.82, 2.24) is 10.6 Å². The number of carbonyl (C=O) groups is 1. The molecule has 0 saturated carbocycles. The van der Waals surface area contributed by atoms with Crippen molar-refractivity contribution < 1.29 is 14.3 Å². The van der Waals surface area contributed by atoms with E-state index in [1.807, 2.05) is 32.0 Å². The van der Waals surface area contributed by atoms with Crippen LogP contribution in [0.25, 0.3) is 0 Å². The average molecular weight is 413 g/mol. The lowest BCUT2D eigenvalue weighted by molar-refractivity contribution is -0.114. The van der Waals surface area contributed by atoms with Gasteiger partial charge in [-0.1, -0.05) is 18.2 Å². The molecule has 0 heterocycles. The molecule has 7 heteroatoms. The molecule has 2 rings (SSSR count). The Morgan fingerprint density at radius 1 is 1.13 bits per heavy atom. The molecule has 0 bridgehead atoms. The minimum absolute atomic E-state index is 0.112. The number of guanidine groups is 1. The maximum absolute atomic E-state index is 11.2. The Bertz CT molecular complexity index is 865. The summed E-state index contributed by atoms with van der Waals surface area (Å²) in [5, 5.41) is 9.28. The van der Waals surface area contributed by atoms with Crippen molar-refractivity contribution in [2.45, 2.75) is 40.3 Å². The van der Waals surface area contributed by atoms with Crippen LogP contribution < -0.4 is 25.4 Å². The number of aryl methyl sites for hydroxylation is 1. The molecule has 7 nitrogen and oxygen atoms in total. The van der Waals surface area contributed by atoms with Crippen molar-refractivity contribution in [1.29, 1.82) is 0 Å². The van der Waals surface area contributed by atoms with Crippen molar-refractivity contribution in [3.8, 4) is 11.5 Å². The summed E-state index contributed by atoms with van der Waals surface area (Å²) in [6.07, 6.45) is 0.115. The van der Waals surface area contributed by atoms with Crippen molar-refractivity contribution in [2.75, 3.05) is 25.5 Å². The highest BCUT2D eigenvalue weighted by Crippen LogP contribution is 2.21. The van der Waals surface area contributed by atoms with E-state index in [1.165, 1.54) is 6.92 Å². The molecule has 0 aromatic heterocycles. The van der Waals surface area contributed by atoms with E-state index in [0.717, 1.165) is 16.9 Å². The maximum Gasteiger partial charge on any atom is 0.221 e. The van der Waals surface area contributed by atoms with Gasteiger partial charge in [-0.2, -0.15) is 0 Å².